The molecule has 1 heterocycles. The van der Waals surface area contributed by atoms with Crippen molar-refractivity contribution < 1.29 is 26.6 Å². The Morgan fingerprint density at radius 1 is 1.05 bits per heavy atom. The molecular formula is C13H16F6NP. The van der Waals surface area contributed by atoms with Crippen LogP contribution in [0.25, 0.3) is 0 Å². The summed E-state index contributed by atoms with van der Waals surface area (Å²) in [6.45, 7) is 4.22. The molecule has 1 aliphatic rings. The molecule has 1 aromatic carbocycles. The summed E-state index contributed by atoms with van der Waals surface area (Å²) < 4.78 is 59.2. The van der Waals surface area contributed by atoms with Crippen LogP contribution in [0.15, 0.2) is 54.3 Å². The van der Waals surface area contributed by atoms with E-state index in [-0.39, 0.29) is 1.43 Å². The van der Waals surface area contributed by atoms with Gasteiger partial charge in [-0.2, -0.15) is 0 Å². The summed E-state index contributed by atoms with van der Waals surface area (Å²) in [4.78, 5) is 2.32. The Balaban J connectivity index is 0.000000478. The largest absolute Gasteiger partial charge is 1.00 e. The molecule has 2 rings (SSSR count). The molecule has 0 atom stereocenters. The van der Waals surface area contributed by atoms with Crippen molar-refractivity contribution in [1.82, 2.24) is 4.90 Å². The van der Waals surface area contributed by atoms with Crippen LogP contribution >= 0.6 is 7.81 Å². The summed E-state index contributed by atoms with van der Waals surface area (Å²) in [7, 11) is -10.7. The molecule has 1 nitrogen and oxygen atoms in total. The van der Waals surface area contributed by atoms with E-state index in [9.17, 15) is 25.2 Å². The maximum atomic E-state index is 9.87. The molecule has 0 aromatic heterocycles. The summed E-state index contributed by atoms with van der Waals surface area (Å²) in [6.07, 6.45) is 6.43. The zero-order valence-electron chi connectivity index (χ0n) is 12.2. The van der Waals surface area contributed by atoms with Gasteiger partial charge in [-0.25, -0.2) is 0 Å². The van der Waals surface area contributed by atoms with Gasteiger partial charge >= 0.3 is 34.4 Å². The van der Waals surface area contributed by atoms with Crippen molar-refractivity contribution in [3.8, 4) is 0 Å². The van der Waals surface area contributed by atoms with Crippen molar-refractivity contribution in [3.63, 3.8) is 0 Å². The number of hydrogen-bond donors (Lipinski definition) is 0. The third kappa shape index (κ3) is 12.0. The normalized spacial score (nSPS) is 18.0. The molecule has 0 saturated heterocycles. The third-order valence-corrected chi connectivity index (χ3v) is 2.36. The fourth-order valence-electron chi connectivity index (χ4n) is 1.68. The fourth-order valence-corrected chi connectivity index (χ4v) is 1.68. The van der Waals surface area contributed by atoms with Gasteiger partial charge in [0.2, 0.25) is 0 Å². The number of rotatable bonds is 2. The van der Waals surface area contributed by atoms with Gasteiger partial charge in [0.05, 0.1) is 0 Å². The van der Waals surface area contributed by atoms with Crippen LogP contribution in [0.2, 0.25) is 0 Å². The second-order valence-electron chi connectivity index (χ2n) is 4.70. The minimum atomic E-state index is -10.7. The third-order valence-electron chi connectivity index (χ3n) is 2.36. The Morgan fingerprint density at radius 3 is 2.05 bits per heavy atom. The van der Waals surface area contributed by atoms with Gasteiger partial charge in [0.25, 0.3) is 0 Å². The number of allylic oxidation sites excluding steroid dienone is 2. The Morgan fingerprint density at radius 2 is 1.57 bits per heavy atom. The first-order valence-corrected chi connectivity index (χ1v) is 8.01. The Kier molecular flexibility index (Phi) is 4.49. The van der Waals surface area contributed by atoms with Crippen LogP contribution in [-0.2, 0) is 6.54 Å². The molecule has 0 unspecified atom stereocenters. The van der Waals surface area contributed by atoms with Gasteiger partial charge in [0.15, 0.2) is 0 Å². The van der Waals surface area contributed by atoms with Gasteiger partial charge in [-0.1, -0.05) is 42.0 Å². The fraction of sp³-hybridized carbons (Fsp3) is 0.231. The summed E-state index contributed by atoms with van der Waals surface area (Å²) in [5.74, 6) is 0. The van der Waals surface area contributed by atoms with Crippen molar-refractivity contribution in [1.29, 1.82) is 0 Å². The van der Waals surface area contributed by atoms with Crippen LogP contribution in [0, 0.1) is 0 Å². The quantitative estimate of drug-likeness (QED) is 0.444. The molecular weight excluding hydrogens is 315 g/mol. The van der Waals surface area contributed by atoms with Gasteiger partial charge in [-0.15, -0.1) is 0 Å². The summed E-state index contributed by atoms with van der Waals surface area (Å²) in [6, 6.07) is 10.6. The minimum Gasteiger partial charge on any atom is 1.00 e. The SMILES string of the molecule is CC1=CC=CN(Cc2ccccc2)C1.F[P-](F)(F)(F)(F)F.[H+]. The predicted molar refractivity (Wildman–Crippen MR) is 74.4 cm³/mol. The molecule has 0 saturated carbocycles. The van der Waals surface area contributed by atoms with Gasteiger partial charge in [0, 0.05) is 13.1 Å². The van der Waals surface area contributed by atoms with E-state index in [1.54, 1.807) is 0 Å². The topological polar surface area (TPSA) is 3.24 Å². The van der Waals surface area contributed by atoms with Gasteiger partial charge < -0.3 is 4.90 Å². The molecule has 1 aromatic rings. The maximum Gasteiger partial charge on any atom is 1.00 e. The van der Waals surface area contributed by atoms with Crippen LogP contribution in [0.5, 0.6) is 0 Å². The van der Waals surface area contributed by atoms with E-state index in [0.717, 1.165) is 13.1 Å². The first-order chi connectivity index (χ1) is 9.29. The van der Waals surface area contributed by atoms with E-state index in [0.29, 0.717) is 0 Å². The average Bonchev–Trinajstić information content (AvgIpc) is 2.26. The van der Waals surface area contributed by atoms with Crippen molar-refractivity contribution in [2.45, 2.75) is 13.5 Å². The summed E-state index contributed by atoms with van der Waals surface area (Å²) >= 11 is 0. The van der Waals surface area contributed by atoms with E-state index in [1.165, 1.54) is 11.1 Å². The second-order valence-corrected chi connectivity index (χ2v) is 6.62. The van der Waals surface area contributed by atoms with Crippen molar-refractivity contribution in [2.24, 2.45) is 0 Å². The Bertz CT molecular complexity index is 527. The summed E-state index contributed by atoms with van der Waals surface area (Å²) in [5, 5.41) is 0. The maximum absolute atomic E-state index is 10.7. The molecule has 120 valence electrons. The van der Waals surface area contributed by atoms with E-state index in [4.69, 9.17) is 0 Å². The van der Waals surface area contributed by atoms with Crippen LogP contribution in [0.4, 0.5) is 25.2 Å². The van der Waals surface area contributed by atoms with Gasteiger partial charge in [0.1, 0.15) is 0 Å². The first kappa shape index (κ1) is 17.6. The average molecular weight is 331 g/mol. The zero-order valence-corrected chi connectivity index (χ0v) is 12.1. The standard InChI is InChI=1S/C13H15N.F6P/c1-12-6-5-9-14(10-12)11-13-7-3-2-4-8-13;1-7(2,3,4,5)6/h2-9H,10-11H2,1H3;/q;-1/p+1. The molecule has 8 heteroatoms. The molecule has 21 heavy (non-hydrogen) atoms. The first-order valence-electron chi connectivity index (χ1n) is 5.98. The van der Waals surface area contributed by atoms with Gasteiger partial charge in [-0.05, 0) is 24.8 Å². The number of hydrogen-bond acceptors (Lipinski definition) is 1. The zero-order chi connectivity index (χ0) is 16.2. The van der Waals surface area contributed by atoms with E-state index in [1.807, 2.05) is 0 Å². The molecule has 0 amide bonds. The van der Waals surface area contributed by atoms with Crippen LogP contribution in [0.3, 0.4) is 0 Å². The van der Waals surface area contributed by atoms with E-state index < -0.39 is 7.81 Å². The number of benzene rings is 1. The van der Waals surface area contributed by atoms with E-state index in [2.05, 4.69) is 60.5 Å². The molecule has 0 N–H and O–H groups in total. The second kappa shape index (κ2) is 5.37. The van der Waals surface area contributed by atoms with Gasteiger partial charge in [-0.3, -0.25) is 0 Å². The van der Waals surface area contributed by atoms with Crippen LogP contribution in [-0.4, -0.2) is 11.4 Å². The van der Waals surface area contributed by atoms with Crippen molar-refractivity contribution in [3.05, 3.63) is 59.8 Å². The predicted octanol–water partition coefficient (Wildman–Crippen LogP) is 6.46. The van der Waals surface area contributed by atoms with Crippen molar-refractivity contribution in [2.75, 3.05) is 6.54 Å². The van der Waals surface area contributed by atoms with Crippen LogP contribution in [0.1, 0.15) is 13.9 Å². The monoisotopic (exact) mass is 331 g/mol. The Labute approximate surface area is 120 Å². The number of halogens is 6. The van der Waals surface area contributed by atoms with E-state index >= 15 is 0 Å². The molecule has 1 aliphatic heterocycles. The molecule has 0 aliphatic carbocycles. The van der Waals surface area contributed by atoms with Crippen molar-refractivity contribution >= 4 is 7.81 Å². The molecule has 0 spiro atoms. The summed E-state index contributed by atoms with van der Waals surface area (Å²) in [5.41, 5.74) is 2.79. The minimum absolute atomic E-state index is 0. The molecule has 0 fully saturated rings. The molecule has 0 bridgehead atoms. The Hall–Kier alpha value is -1.49. The number of nitrogens with zero attached hydrogens (tertiary/aromatic N) is 1. The molecule has 0 radical (unpaired) electrons. The van der Waals surface area contributed by atoms with Crippen LogP contribution < -0.4 is 0 Å². The smallest absolute Gasteiger partial charge is 1.00 e.